The van der Waals surface area contributed by atoms with E-state index in [1.165, 1.54) is 64.7 Å². The molecular weight excluding hydrogens is 480 g/mol. The lowest BCUT2D eigenvalue weighted by molar-refractivity contribution is 0.252. The van der Waals surface area contributed by atoms with Crippen molar-refractivity contribution in [2.45, 2.75) is 64.2 Å². The fraction of sp³-hybridized carbons (Fsp3) is 0.300. The van der Waals surface area contributed by atoms with E-state index in [0.29, 0.717) is 11.8 Å². The summed E-state index contributed by atoms with van der Waals surface area (Å²) in [6, 6.07) is 28.9. The molecule has 0 N–H and O–H groups in total. The Balaban J connectivity index is 1.28. The molecule has 0 radical (unpaired) electrons. The Kier molecular flexibility index (Phi) is 9.03. The maximum absolute atomic E-state index is 5.55. The van der Waals surface area contributed by atoms with E-state index >= 15 is 0 Å². The Labute approximate surface area is 242 Å². The van der Waals surface area contributed by atoms with Gasteiger partial charge in [-0.3, -0.25) is 0 Å². The van der Waals surface area contributed by atoms with Crippen molar-refractivity contribution >= 4 is 5.57 Å². The van der Waals surface area contributed by atoms with Gasteiger partial charge in [-0.1, -0.05) is 109 Å². The van der Waals surface area contributed by atoms with Crippen LogP contribution in [-0.4, -0.2) is 0 Å². The van der Waals surface area contributed by atoms with Gasteiger partial charge in [0.25, 0.3) is 0 Å². The van der Waals surface area contributed by atoms with Crippen LogP contribution in [0.25, 0.3) is 5.57 Å². The zero-order valence-corrected chi connectivity index (χ0v) is 24.0. The Morgan fingerprint density at radius 3 is 2.17 bits per heavy atom. The van der Waals surface area contributed by atoms with Gasteiger partial charge in [0.05, 0.1) is 0 Å². The van der Waals surface area contributed by atoms with E-state index in [1.807, 2.05) is 0 Å². The largest absolute Gasteiger partial charge is 0.115 e. The molecule has 0 saturated heterocycles. The molecule has 1 fully saturated rings. The SMILES string of the molecule is C#Cc1ccc(CC2CCC(C(C(=C)CCc3ccccc3)c3ccc(C4=CC=C(C(=C)C)C4)cc3)CC2)cc1. The van der Waals surface area contributed by atoms with Crippen molar-refractivity contribution in [3.8, 4) is 12.3 Å². The highest BCUT2D eigenvalue weighted by atomic mass is 14.3. The van der Waals surface area contributed by atoms with Crippen molar-refractivity contribution in [1.82, 2.24) is 0 Å². The Morgan fingerprint density at radius 1 is 0.850 bits per heavy atom. The number of aryl methyl sites for hydroxylation is 1. The maximum atomic E-state index is 5.55. The predicted octanol–water partition coefficient (Wildman–Crippen LogP) is 10.3. The second kappa shape index (κ2) is 13.0. The molecule has 0 aromatic heterocycles. The Hall–Kier alpha value is -3.82. The Bertz CT molecular complexity index is 1410. The van der Waals surface area contributed by atoms with Gasteiger partial charge in [0.1, 0.15) is 0 Å². The van der Waals surface area contributed by atoms with Gasteiger partial charge in [0, 0.05) is 11.5 Å². The number of benzene rings is 3. The summed E-state index contributed by atoms with van der Waals surface area (Å²) in [6.45, 7) is 10.9. The second-order valence-electron chi connectivity index (χ2n) is 11.9. The van der Waals surface area contributed by atoms with Crippen molar-refractivity contribution < 1.29 is 0 Å². The Morgan fingerprint density at radius 2 is 1.55 bits per heavy atom. The van der Waals surface area contributed by atoms with Crippen LogP contribution < -0.4 is 0 Å². The average molecular weight is 523 g/mol. The molecule has 1 unspecified atom stereocenters. The predicted molar refractivity (Wildman–Crippen MR) is 172 cm³/mol. The average Bonchev–Trinajstić information content (AvgIpc) is 3.49. The van der Waals surface area contributed by atoms with Crippen LogP contribution in [0.2, 0.25) is 0 Å². The summed E-state index contributed by atoms with van der Waals surface area (Å²) in [4.78, 5) is 0. The number of rotatable bonds is 10. The van der Waals surface area contributed by atoms with Gasteiger partial charge in [-0.05, 0) is 116 Å². The van der Waals surface area contributed by atoms with E-state index < -0.39 is 0 Å². The highest BCUT2D eigenvalue weighted by molar-refractivity contribution is 5.74. The summed E-state index contributed by atoms with van der Waals surface area (Å²) in [7, 11) is 0. The van der Waals surface area contributed by atoms with Crippen molar-refractivity contribution in [3.63, 3.8) is 0 Å². The molecule has 0 heteroatoms. The van der Waals surface area contributed by atoms with Crippen LogP contribution in [-0.2, 0) is 12.8 Å². The van der Waals surface area contributed by atoms with Crippen molar-refractivity contribution in [1.29, 1.82) is 0 Å². The van der Waals surface area contributed by atoms with Crippen molar-refractivity contribution in [2.24, 2.45) is 11.8 Å². The highest BCUT2D eigenvalue weighted by Crippen LogP contribution is 2.44. The number of allylic oxidation sites excluding steroid dienone is 6. The number of hydrogen-bond acceptors (Lipinski definition) is 0. The lowest BCUT2D eigenvalue weighted by Gasteiger charge is -2.36. The van der Waals surface area contributed by atoms with Crippen LogP contribution in [0.15, 0.2) is 121 Å². The third-order valence-corrected chi connectivity index (χ3v) is 9.08. The van der Waals surface area contributed by atoms with E-state index in [9.17, 15) is 0 Å². The molecular formula is C40H42. The van der Waals surface area contributed by atoms with E-state index in [0.717, 1.165) is 42.7 Å². The second-order valence-corrected chi connectivity index (χ2v) is 11.9. The van der Waals surface area contributed by atoms with Gasteiger partial charge in [-0.2, -0.15) is 0 Å². The normalized spacial score (nSPS) is 19.3. The molecule has 0 amide bonds. The van der Waals surface area contributed by atoms with Gasteiger partial charge < -0.3 is 0 Å². The van der Waals surface area contributed by atoms with E-state index in [2.05, 4.69) is 110 Å². The minimum atomic E-state index is 0.412. The molecule has 0 heterocycles. The molecule has 202 valence electrons. The lowest BCUT2D eigenvalue weighted by Crippen LogP contribution is -2.23. The summed E-state index contributed by atoms with van der Waals surface area (Å²) < 4.78 is 0. The third kappa shape index (κ3) is 6.84. The molecule has 1 atom stereocenters. The molecule has 0 bridgehead atoms. The van der Waals surface area contributed by atoms with E-state index in [-0.39, 0.29) is 0 Å². The first-order valence-corrected chi connectivity index (χ1v) is 14.9. The van der Waals surface area contributed by atoms with Gasteiger partial charge in [0.15, 0.2) is 0 Å². The zero-order chi connectivity index (χ0) is 27.9. The molecule has 0 spiro atoms. The molecule has 0 aliphatic heterocycles. The summed E-state index contributed by atoms with van der Waals surface area (Å²) in [5.74, 6) is 4.54. The highest BCUT2D eigenvalue weighted by Gasteiger charge is 2.30. The summed E-state index contributed by atoms with van der Waals surface area (Å²) in [5, 5.41) is 0. The topological polar surface area (TPSA) is 0 Å². The van der Waals surface area contributed by atoms with Crippen molar-refractivity contribution in [2.75, 3.05) is 0 Å². The first kappa shape index (κ1) is 27.7. The van der Waals surface area contributed by atoms with Crippen LogP contribution in [0, 0.1) is 24.2 Å². The molecule has 2 aliphatic carbocycles. The van der Waals surface area contributed by atoms with E-state index in [1.54, 1.807) is 0 Å². The van der Waals surface area contributed by atoms with Gasteiger partial charge in [-0.25, -0.2) is 0 Å². The lowest BCUT2D eigenvalue weighted by atomic mass is 9.69. The smallest absolute Gasteiger partial charge is 0.0242 e. The van der Waals surface area contributed by atoms with Crippen LogP contribution in [0.5, 0.6) is 0 Å². The first-order chi connectivity index (χ1) is 19.5. The minimum Gasteiger partial charge on any atom is -0.115 e. The van der Waals surface area contributed by atoms with E-state index in [4.69, 9.17) is 13.0 Å². The van der Waals surface area contributed by atoms with Gasteiger partial charge in [0.2, 0.25) is 0 Å². The molecule has 5 rings (SSSR count). The standard InChI is InChI=1S/C40H42/c1-5-31-13-15-33(16-14-31)27-34-17-19-36(20-18-34)40(30(4)11-12-32-9-7-6-8-10-32)37-23-21-35(22-24-37)39-26-25-38(28-39)29(2)3/h1,6-10,13-16,21-26,34,36,40H,2,4,11-12,17-20,27-28H2,3H3. The number of terminal acetylenes is 1. The zero-order valence-electron chi connectivity index (χ0n) is 24.0. The fourth-order valence-electron chi connectivity index (χ4n) is 6.66. The third-order valence-electron chi connectivity index (χ3n) is 9.08. The summed E-state index contributed by atoms with van der Waals surface area (Å²) >= 11 is 0. The number of hydrogen-bond donors (Lipinski definition) is 0. The van der Waals surface area contributed by atoms with Crippen molar-refractivity contribution in [3.05, 3.63) is 149 Å². The molecule has 3 aromatic carbocycles. The van der Waals surface area contributed by atoms with Gasteiger partial charge in [-0.15, -0.1) is 6.42 Å². The summed E-state index contributed by atoms with van der Waals surface area (Å²) in [6.07, 6.45) is 19.4. The molecule has 0 nitrogen and oxygen atoms in total. The minimum absolute atomic E-state index is 0.412. The quantitative estimate of drug-likeness (QED) is 0.183. The molecule has 3 aromatic rings. The van der Waals surface area contributed by atoms with Crippen LogP contribution >= 0.6 is 0 Å². The van der Waals surface area contributed by atoms with Crippen LogP contribution in [0.4, 0.5) is 0 Å². The molecule has 1 saturated carbocycles. The summed E-state index contributed by atoms with van der Waals surface area (Å²) in [5.41, 5.74) is 11.8. The molecule has 2 aliphatic rings. The van der Waals surface area contributed by atoms with Crippen LogP contribution in [0.1, 0.15) is 79.2 Å². The van der Waals surface area contributed by atoms with Gasteiger partial charge >= 0.3 is 0 Å². The fourth-order valence-corrected chi connectivity index (χ4v) is 6.66. The molecule has 40 heavy (non-hydrogen) atoms. The van der Waals surface area contributed by atoms with Crippen LogP contribution in [0.3, 0.4) is 0 Å². The first-order valence-electron chi connectivity index (χ1n) is 14.9. The monoisotopic (exact) mass is 522 g/mol. The maximum Gasteiger partial charge on any atom is 0.0242 e.